The molecule has 0 saturated carbocycles. The van der Waals surface area contributed by atoms with Crippen molar-refractivity contribution < 1.29 is 19.9 Å². The minimum Gasteiger partial charge on any atom is -0.508 e. The van der Waals surface area contributed by atoms with Gasteiger partial charge in [-0.05, 0) is 84.5 Å². The van der Waals surface area contributed by atoms with E-state index in [4.69, 9.17) is 4.84 Å². The molecule has 0 unspecified atom stereocenters. The van der Waals surface area contributed by atoms with E-state index in [-0.39, 0.29) is 11.7 Å². The van der Waals surface area contributed by atoms with Crippen LogP contribution < -0.4 is 15.3 Å². The second-order valence-electron chi connectivity index (χ2n) is 7.99. The molecule has 3 aromatic rings. The Labute approximate surface area is 216 Å². The van der Waals surface area contributed by atoms with Gasteiger partial charge in [0, 0.05) is 17.1 Å². The number of benzene rings is 3. The van der Waals surface area contributed by atoms with Crippen molar-refractivity contribution in [2.75, 3.05) is 18.9 Å². The maximum Gasteiger partial charge on any atom is 0.224 e. The molecule has 3 aromatic carbocycles. The summed E-state index contributed by atoms with van der Waals surface area (Å²) in [4.78, 5) is 18.0. The molecule has 7 nitrogen and oxygen atoms in total. The lowest BCUT2D eigenvalue weighted by Crippen LogP contribution is -2.25. The summed E-state index contributed by atoms with van der Waals surface area (Å²) in [5, 5.41) is 22.6. The van der Waals surface area contributed by atoms with Crippen molar-refractivity contribution in [1.82, 2.24) is 10.0 Å². The fraction of sp³-hybridized carbons (Fsp3) is 0.179. The van der Waals surface area contributed by atoms with Gasteiger partial charge in [-0.15, -0.1) is 5.23 Å². The summed E-state index contributed by atoms with van der Waals surface area (Å²) in [6, 6.07) is 22.2. The number of carbonyl (C=O) groups excluding carboxylic acids is 1. The highest BCUT2D eigenvalue weighted by molar-refractivity contribution is 7.97. The Balaban J connectivity index is 1.33. The van der Waals surface area contributed by atoms with Crippen LogP contribution in [0.1, 0.15) is 18.9 Å². The molecule has 0 radical (unpaired) electrons. The van der Waals surface area contributed by atoms with Crippen LogP contribution in [0.4, 0.5) is 5.69 Å². The number of allylic oxidation sites excluding steroid dienone is 3. The molecule has 188 valence electrons. The topological polar surface area (TPSA) is 94.1 Å². The van der Waals surface area contributed by atoms with Gasteiger partial charge in [0.2, 0.25) is 5.91 Å². The summed E-state index contributed by atoms with van der Waals surface area (Å²) in [6.07, 6.45) is 7.02. The predicted octanol–water partition coefficient (Wildman–Crippen LogP) is 5.62. The molecule has 36 heavy (non-hydrogen) atoms. The van der Waals surface area contributed by atoms with Gasteiger partial charge in [-0.2, -0.15) is 0 Å². The largest absolute Gasteiger partial charge is 0.508 e. The lowest BCUT2D eigenvalue weighted by atomic mass is 10.0. The smallest absolute Gasteiger partial charge is 0.224 e. The number of nitrogens with zero attached hydrogens (tertiary/aromatic N) is 1. The molecule has 0 aliphatic heterocycles. The molecule has 0 aliphatic rings. The number of anilines is 1. The first-order valence-electron chi connectivity index (χ1n) is 11.5. The van der Waals surface area contributed by atoms with Crippen molar-refractivity contribution in [2.24, 2.45) is 0 Å². The number of aromatic hydroxyl groups is 1. The van der Waals surface area contributed by atoms with Crippen LogP contribution in [0.2, 0.25) is 0 Å². The third kappa shape index (κ3) is 8.81. The molecule has 0 spiro atoms. The van der Waals surface area contributed by atoms with E-state index < -0.39 is 0 Å². The second kappa shape index (κ2) is 14.0. The zero-order chi connectivity index (χ0) is 25.8. The summed E-state index contributed by atoms with van der Waals surface area (Å²) in [5.74, 6) is 0.233. The van der Waals surface area contributed by atoms with Gasteiger partial charge in [0.15, 0.2) is 0 Å². The number of hydrogen-bond acceptors (Lipinski definition) is 7. The van der Waals surface area contributed by atoms with Gasteiger partial charge < -0.3 is 15.1 Å². The highest BCUT2D eigenvalue weighted by atomic mass is 32.2. The highest BCUT2D eigenvalue weighted by Crippen LogP contribution is 2.22. The first kappa shape index (κ1) is 26.9. The molecule has 0 aliphatic carbocycles. The van der Waals surface area contributed by atoms with Gasteiger partial charge in [0.1, 0.15) is 5.75 Å². The van der Waals surface area contributed by atoms with E-state index in [0.29, 0.717) is 23.9 Å². The maximum atomic E-state index is 12.2. The quantitative estimate of drug-likeness (QED) is 0.110. The van der Waals surface area contributed by atoms with Crippen LogP contribution in [0, 0.1) is 0 Å². The van der Waals surface area contributed by atoms with Gasteiger partial charge in [-0.3, -0.25) is 14.8 Å². The first-order valence-corrected chi connectivity index (χ1v) is 12.3. The molecular formula is C28H31N3O4S. The Morgan fingerprint density at radius 3 is 2.28 bits per heavy atom. The number of nitrogens with one attached hydrogen (secondary N) is 2. The standard InChI is InChI=1S/C28H31N3O4S/c1-21(30-36-27-17-13-25(14-18-27)31(34)35-2)6-4-3-5-19-29-28(33)20-22-7-9-23(10-8-22)24-11-15-26(32)16-12-24/h3-4,6-18,30,32,34H,5,19-20H2,1-2H3,(H,29,33)/b4-3-,21-6+. The number of rotatable bonds is 12. The van der Waals surface area contributed by atoms with Crippen LogP contribution in [0.5, 0.6) is 5.75 Å². The number of phenolic OH excluding ortho intramolecular Hbond substituents is 1. The van der Waals surface area contributed by atoms with E-state index in [1.165, 1.54) is 19.1 Å². The minimum atomic E-state index is -0.00795. The van der Waals surface area contributed by atoms with Crippen LogP contribution >= 0.6 is 11.9 Å². The predicted molar refractivity (Wildman–Crippen MR) is 144 cm³/mol. The fourth-order valence-corrected chi connectivity index (χ4v) is 3.86. The van der Waals surface area contributed by atoms with Crippen molar-refractivity contribution in [3.63, 3.8) is 0 Å². The average molecular weight is 506 g/mol. The maximum absolute atomic E-state index is 12.2. The Morgan fingerprint density at radius 1 is 1.00 bits per heavy atom. The van der Waals surface area contributed by atoms with Gasteiger partial charge in [0.05, 0.1) is 19.2 Å². The van der Waals surface area contributed by atoms with Crippen molar-refractivity contribution in [3.05, 3.63) is 102 Å². The molecule has 8 heteroatoms. The molecule has 0 fully saturated rings. The first-order chi connectivity index (χ1) is 17.4. The Bertz CT molecular complexity index is 1160. The molecule has 0 atom stereocenters. The monoisotopic (exact) mass is 505 g/mol. The summed E-state index contributed by atoms with van der Waals surface area (Å²) in [6.45, 7) is 2.55. The van der Waals surface area contributed by atoms with Crippen LogP contribution in [-0.4, -0.2) is 29.9 Å². The lowest BCUT2D eigenvalue weighted by molar-refractivity contribution is -0.120. The van der Waals surface area contributed by atoms with E-state index in [1.807, 2.05) is 73.7 Å². The molecule has 4 N–H and O–H groups in total. The Morgan fingerprint density at radius 2 is 1.64 bits per heavy atom. The molecule has 0 bridgehead atoms. The molecule has 0 saturated heterocycles. The minimum absolute atomic E-state index is 0.00795. The Kier molecular flexibility index (Phi) is 10.4. The van der Waals surface area contributed by atoms with E-state index in [1.54, 1.807) is 24.3 Å². The van der Waals surface area contributed by atoms with E-state index in [0.717, 1.165) is 33.7 Å². The fourth-order valence-electron chi connectivity index (χ4n) is 3.24. The van der Waals surface area contributed by atoms with Gasteiger partial charge in [-0.1, -0.05) is 48.6 Å². The third-order valence-corrected chi connectivity index (χ3v) is 6.13. The van der Waals surface area contributed by atoms with Crippen LogP contribution in [-0.2, 0) is 16.1 Å². The van der Waals surface area contributed by atoms with Crippen LogP contribution in [0.15, 0.2) is 102 Å². The molecule has 1 amide bonds. The van der Waals surface area contributed by atoms with Crippen LogP contribution in [0.25, 0.3) is 11.1 Å². The van der Waals surface area contributed by atoms with Gasteiger partial charge in [0.25, 0.3) is 0 Å². The van der Waals surface area contributed by atoms with Gasteiger partial charge >= 0.3 is 0 Å². The SMILES string of the molecule is CON(O)c1ccc(SN/C(C)=C/C=C\CCNC(=O)Cc2ccc(-c3ccc(O)cc3)cc2)cc1. The lowest BCUT2D eigenvalue weighted by Gasteiger charge is -2.13. The summed E-state index contributed by atoms with van der Waals surface area (Å²) in [7, 11) is 1.39. The van der Waals surface area contributed by atoms with Crippen molar-refractivity contribution in [2.45, 2.75) is 24.7 Å². The zero-order valence-corrected chi connectivity index (χ0v) is 21.2. The Hall–Kier alpha value is -3.72. The second-order valence-corrected chi connectivity index (χ2v) is 8.87. The zero-order valence-electron chi connectivity index (χ0n) is 20.3. The molecule has 0 heterocycles. The third-order valence-electron chi connectivity index (χ3n) is 5.20. The molecule has 3 rings (SSSR count). The van der Waals surface area contributed by atoms with Crippen molar-refractivity contribution in [3.8, 4) is 16.9 Å². The molecule has 0 aromatic heterocycles. The highest BCUT2D eigenvalue weighted by Gasteiger charge is 2.04. The summed E-state index contributed by atoms with van der Waals surface area (Å²) in [5.41, 5.74) is 4.55. The normalized spacial score (nSPS) is 11.5. The van der Waals surface area contributed by atoms with E-state index in [2.05, 4.69) is 10.0 Å². The average Bonchev–Trinajstić information content (AvgIpc) is 2.90. The summed E-state index contributed by atoms with van der Waals surface area (Å²) < 4.78 is 3.25. The van der Waals surface area contributed by atoms with Gasteiger partial charge in [-0.25, -0.2) is 0 Å². The number of amides is 1. The van der Waals surface area contributed by atoms with Crippen molar-refractivity contribution in [1.29, 1.82) is 0 Å². The van der Waals surface area contributed by atoms with E-state index >= 15 is 0 Å². The van der Waals surface area contributed by atoms with E-state index in [9.17, 15) is 15.1 Å². The van der Waals surface area contributed by atoms with Crippen molar-refractivity contribution >= 4 is 23.5 Å². The molecular weight excluding hydrogens is 474 g/mol. The number of carbonyl (C=O) groups is 1. The summed E-state index contributed by atoms with van der Waals surface area (Å²) >= 11 is 1.47. The number of hydrogen-bond donors (Lipinski definition) is 4. The van der Waals surface area contributed by atoms with Crippen LogP contribution in [0.3, 0.4) is 0 Å². The number of phenols is 1.